The molecule has 0 radical (unpaired) electrons. The normalized spacial score (nSPS) is 34.8. The van der Waals surface area contributed by atoms with Crippen LogP contribution in [0.5, 0.6) is 0 Å². The predicted molar refractivity (Wildman–Crippen MR) is 70.5 cm³/mol. The Hall–Kier alpha value is -0.240. The SMILES string of the molecule is OCC1(Cc2ccc(Cl)c(Cl)c2)CC2CC2C1. The van der Waals surface area contributed by atoms with Crippen LogP contribution in [-0.2, 0) is 6.42 Å². The highest BCUT2D eigenvalue weighted by Gasteiger charge is 2.53. The minimum Gasteiger partial charge on any atom is -0.396 e. The zero-order chi connectivity index (χ0) is 12.0. The van der Waals surface area contributed by atoms with Gasteiger partial charge in [0.1, 0.15) is 0 Å². The first-order chi connectivity index (χ1) is 8.12. The average molecular weight is 271 g/mol. The van der Waals surface area contributed by atoms with Crippen LogP contribution >= 0.6 is 23.2 Å². The summed E-state index contributed by atoms with van der Waals surface area (Å²) in [6.07, 6.45) is 4.65. The van der Waals surface area contributed by atoms with Crippen molar-refractivity contribution in [3.05, 3.63) is 33.8 Å². The van der Waals surface area contributed by atoms with Gasteiger partial charge in [-0.15, -0.1) is 0 Å². The standard InChI is InChI=1S/C14H16Cl2O/c15-12-2-1-9(3-13(12)16)5-14(8-17)6-10-4-11(10)7-14/h1-3,10-11,17H,4-8H2. The van der Waals surface area contributed by atoms with Gasteiger partial charge in [0.05, 0.1) is 10.0 Å². The Morgan fingerprint density at radius 1 is 1.18 bits per heavy atom. The van der Waals surface area contributed by atoms with Gasteiger partial charge in [0.25, 0.3) is 0 Å². The summed E-state index contributed by atoms with van der Waals surface area (Å²) in [7, 11) is 0. The van der Waals surface area contributed by atoms with Crippen molar-refractivity contribution in [1.29, 1.82) is 0 Å². The highest BCUT2D eigenvalue weighted by molar-refractivity contribution is 6.42. The van der Waals surface area contributed by atoms with E-state index in [4.69, 9.17) is 23.2 Å². The summed E-state index contributed by atoms with van der Waals surface area (Å²) in [5, 5.41) is 10.9. The van der Waals surface area contributed by atoms with Crippen molar-refractivity contribution < 1.29 is 5.11 Å². The molecule has 0 saturated heterocycles. The Morgan fingerprint density at radius 3 is 2.47 bits per heavy atom. The number of aliphatic hydroxyl groups is 1. The predicted octanol–water partition coefficient (Wildman–Crippen LogP) is 3.94. The molecule has 2 aliphatic rings. The van der Waals surface area contributed by atoms with E-state index in [9.17, 15) is 5.11 Å². The number of aliphatic hydroxyl groups excluding tert-OH is 1. The summed E-state index contributed by atoms with van der Waals surface area (Å²) in [5.41, 5.74) is 1.29. The van der Waals surface area contributed by atoms with E-state index in [1.54, 1.807) is 0 Å². The lowest BCUT2D eigenvalue weighted by molar-refractivity contribution is 0.117. The highest BCUT2D eigenvalue weighted by atomic mass is 35.5. The second kappa shape index (κ2) is 4.15. The number of hydrogen-bond donors (Lipinski definition) is 1. The van der Waals surface area contributed by atoms with Gasteiger partial charge >= 0.3 is 0 Å². The maximum absolute atomic E-state index is 9.68. The molecule has 2 atom stereocenters. The van der Waals surface area contributed by atoms with Gasteiger partial charge in [-0.3, -0.25) is 0 Å². The van der Waals surface area contributed by atoms with E-state index in [1.165, 1.54) is 24.8 Å². The fourth-order valence-electron chi connectivity index (χ4n) is 3.42. The molecule has 0 aromatic heterocycles. The number of hydrogen-bond acceptors (Lipinski definition) is 1. The molecule has 2 saturated carbocycles. The quantitative estimate of drug-likeness (QED) is 0.882. The summed E-state index contributed by atoms with van der Waals surface area (Å²) in [4.78, 5) is 0. The molecule has 3 heteroatoms. The van der Waals surface area contributed by atoms with Gasteiger partial charge in [-0.05, 0) is 60.6 Å². The third-order valence-electron chi connectivity index (χ3n) is 4.36. The van der Waals surface area contributed by atoms with Crippen LogP contribution < -0.4 is 0 Å². The summed E-state index contributed by atoms with van der Waals surface area (Å²) >= 11 is 11.9. The first-order valence-corrected chi connectivity index (χ1v) is 6.92. The van der Waals surface area contributed by atoms with Crippen LogP contribution in [0.15, 0.2) is 18.2 Å². The van der Waals surface area contributed by atoms with E-state index < -0.39 is 0 Å². The van der Waals surface area contributed by atoms with Crippen LogP contribution in [0.4, 0.5) is 0 Å². The van der Waals surface area contributed by atoms with Gasteiger partial charge < -0.3 is 5.11 Å². The smallest absolute Gasteiger partial charge is 0.0595 e. The topological polar surface area (TPSA) is 20.2 Å². The summed E-state index contributed by atoms with van der Waals surface area (Å²) < 4.78 is 0. The zero-order valence-corrected chi connectivity index (χ0v) is 11.1. The van der Waals surface area contributed by atoms with Crippen molar-refractivity contribution in [2.75, 3.05) is 6.61 Å². The van der Waals surface area contributed by atoms with Crippen molar-refractivity contribution in [3.63, 3.8) is 0 Å². The Morgan fingerprint density at radius 2 is 1.88 bits per heavy atom. The zero-order valence-electron chi connectivity index (χ0n) is 9.63. The molecule has 1 aromatic carbocycles. The molecule has 1 N–H and O–H groups in total. The summed E-state index contributed by atoms with van der Waals surface area (Å²) in [6.45, 7) is 0.292. The second-order valence-corrected chi connectivity index (χ2v) is 6.56. The Labute approximate surface area is 112 Å². The van der Waals surface area contributed by atoms with Crippen molar-refractivity contribution >= 4 is 23.2 Å². The molecule has 3 rings (SSSR count). The molecule has 0 bridgehead atoms. The Balaban J connectivity index is 1.78. The molecule has 2 aliphatic carbocycles. The molecule has 2 fully saturated rings. The van der Waals surface area contributed by atoms with Crippen molar-refractivity contribution in [2.45, 2.75) is 25.7 Å². The highest BCUT2D eigenvalue weighted by Crippen LogP contribution is 2.60. The van der Waals surface area contributed by atoms with Crippen molar-refractivity contribution in [3.8, 4) is 0 Å². The fraction of sp³-hybridized carbons (Fsp3) is 0.571. The van der Waals surface area contributed by atoms with Crippen LogP contribution in [0.1, 0.15) is 24.8 Å². The van der Waals surface area contributed by atoms with E-state index in [1.807, 2.05) is 18.2 Å². The number of fused-ring (bicyclic) bond motifs is 1. The minimum absolute atomic E-state index is 0.102. The van der Waals surface area contributed by atoms with Gasteiger partial charge in [-0.2, -0.15) is 0 Å². The van der Waals surface area contributed by atoms with E-state index in [0.717, 1.165) is 18.3 Å². The molecule has 0 spiro atoms. The molecule has 17 heavy (non-hydrogen) atoms. The largest absolute Gasteiger partial charge is 0.396 e. The first kappa shape index (κ1) is 11.8. The first-order valence-electron chi connectivity index (χ1n) is 6.17. The van der Waals surface area contributed by atoms with Gasteiger partial charge in [0.15, 0.2) is 0 Å². The van der Waals surface area contributed by atoms with Crippen LogP contribution in [0.25, 0.3) is 0 Å². The van der Waals surface area contributed by atoms with Crippen molar-refractivity contribution in [1.82, 2.24) is 0 Å². The molecular weight excluding hydrogens is 255 g/mol. The third kappa shape index (κ3) is 2.21. The van der Waals surface area contributed by atoms with Crippen molar-refractivity contribution in [2.24, 2.45) is 17.3 Å². The fourth-order valence-corrected chi connectivity index (χ4v) is 3.74. The van der Waals surface area contributed by atoms with E-state index in [-0.39, 0.29) is 5.41 Å². The maximum atomic E-state index is 9.68. The monoisotopic (exact) mass is 270 g/mol. The number of rotatable bonds is 3. The van der Waals surface area contributed by atoms with Crippen LogP contribution in [-0.4, -0.2) is 11.7 Å². The van der Waals surface area contributed by atoms with E-state index >= 15 is 0 Å². The number of halogens is 2. The van der Waals surface area contributed by atoms with E-state index in [0.29, 0.717) is 16.7 Å². The minimum atomic E-state index is 0.102. The molecule has 0 amide bonds. The lowest BCUT2D eigenvalue weighted by atomic mass is 9.78. The Bertz CT molecular complexity index is 434. The van der Waals surface area contributed by atoms with Crippen LogP contribution in [0.2, 0.25) is 10.0 Å². The molecule has 1 nitrogen and oxygen atoms in total. The lowest BCUT2D eigenvalue weighted by Crippen LogP contribution is -2.26. The molecule has 0 aliphatic heterocycles. The van der Waals surface area contributed by atoms with Crippen LogP contribution in [0.3, 0.4) is 0 Å². The molecular formula is C14H16Cl2O. The maximum Gasteiger partial charge on any atom is 0.0595 e. The molecule has 0 heterocycles. The molecule has 2 unspecified atom stereocenters. The van der Waals surface area contributed by atoms with Gasteiger partial charge in [-0.25, -0.2) is 0 Å². The van der Waals surface area contributed by atoms with Gasteiger partial charge in [-0.1, -0.05) is 29.3 Å². The summed E-state index contributed by atoms with van der Waals surface area (Å²) in [5.74, 6) is 1.76. The lowest BCUT2D eigenvalue weighted by Gasteiger charge is -2.28. The van der Waals surface area contributed by atoms with E-state index in [2.05, 4.69) is 0 Å². The summed E-state index contributed by atoms with van der Waals surface area (Å²) in [6, 6.07) is 5.81. The van der Waals surface area contributed by atoms with Gasteiger partial charge in [0.2, 0.25) is 0 Å². The number of benzene rings is 1. The molecule has 92 valence electrons. The second-order valence-electron chi connectivity index (χ2n) is 5.75. The van der Waals surface area contributed by atoms with Crippen LogP contribution in [0, 0.1) is 17.3 Å². The van der Waals surface area contributed by atoms with Gasteiger partial charge in [0, 0.05) is 6.61 Å². The molecule has 1 aromatic rings. The average Bonchev–Trinajstić information content (AvgIpc) is 2.93. The third-order valence-corrected chi connectivity index (χ3v) is 5.10. The Kier molecular flexibility index (Phi) is 2.89.